The summed E-state index contributed by atoms with van der Waals surface area (Å²) in [5.74, 6) is 0.965. The van der Waals surface area contributed by atoms with Gasteiger partial charge in [0.25, 0.3) is 5.56 Å². The van der Waals surface area contributed by atoms with Crippen molar-refractivity contribution >= 4 is 11.8 Å². The second-order valence-electron chi connectivity index (χ2n) is 8.29. The lowest BCUT2D eigenvalue weighted by molar-refractivity contribution is 0.115. The number of hydrogen-bond donors (Lipinski definition) is 0. The molecule has 0 aliphatic carbocycles. The molecule has 2 atom stereocenters. The summed E-state index contributed by atoms with van der Waals surface area (Å²) < 4.78 is 2.07. The molecule has 1 aromatic heterocycles. The van der Waals surface area contributed by atoms with E-state index in [4.69, 9.17) is 0 Å². The van der Waals surface area contributed by atoms with E-state index in [1.165, 1.54) is 33.7 Å². The fourth-order valence-corrected chi connectivity index (χ4v) is 5.51. The first-order valence-electron chi connectivity index (χ1n) is 10.4. The molecular weight excluding hydrogens is 376 g/mol. The van der Waals surface area contributed by atoms with Gasteiger partial charge in [-0.15, -0.1) is 11.8 Å². The average molecular weight is 403 g/mol. The number of nitrogens with zero attached hydrogens (tertiary/aromatic N) is 2. The first kappa shape index (κ1) is 18.7. The Balaban J connectivity index is 1.50. The molecule has 5 rings (SSSR count). The van der Waals surface area contributed by atoms with Crippen LogP contribution in [0.15, 0.2) is 76.4 Å². The van der Waals surface area contributed by atoms with Gasteiger partial charge in [-0.2, -0.15) is 0 Å². The molecule has 29 heavy (non-hydrogen) atoms. The number of pyridine rings is 1. The number of hydrogen-bond acceptors (Lipinski definition) is 3. The lowest BCUT2D eigenvalue weighted by atomic mass is 9.80. The molecule has 1 fully saturated rings. The van der Waals surface area contributed by atoms with Gasteiger partial charge in [-0.25, -0.2) is 0 Å². The van der Waals surface area contributed by atoms with Crippen LogP contribution in [0.25, 0.3) is 11.1 Å². The zero-order valence-electron chi connectivity index (χ0n) is 16.8. The van der Waals surface area contributed by atoms with Crippen LogP contribution >= 0.6 is 11.8 Å². The van der Waals surface area contributed by atoms with Crippen molar-refractivity contribution in [2.75, 3.05) is 19.3 Å². The summed E-state index contributed by atoms with van der Waals surface area (Å²) >= 11 is 1.76. The van der Waals surface area contributed by atoms with Crippen molar-refractivity contribution in [3.8, 4) is 11.1 Å². The van der Waals surface area contributed by atoms with Gasteiger partial charge in [-0.1, -0.05) is 42.5 Å². The van der Waals surface area contributed by atoms with E-state index in [1.807, 2.05) is 6.07 Å². The second kappa shape index (κ2) is 7.85. The van der Waals surface area contributed by atoms with Gasteiger partial charge in [-0.3, -0.25) is 9.69 Å². The van der Waals surface area contributed by atoms with Gasteiger partial charge in [0.1, 0.15) is 0 Å². The maximum absolute atomic E-state index is 12.7. The number of piperidine rings is 1. The first-order valence-corrected chi connectivity index (χ1v) is 11.6. The van der Waals surface area contributed by atoms with E-state index in [1.54, 1.807) is 17.8 Å². The number of thioether (sulfide) groups is 1. The highest BCUT2D eigenvalue weighted by atomic mass is 32.2. The number of likely N-dealkylation sites (tertiary alicyclic amines) is 1. The predicted molar refractivity (Wildman–Crippen MR) is 120 cm³/mol. The normalized spacial score (nSPS) is 21.0. The second-order valence-corrected chi connectivity index (χ2v) is 9.17. The molecule has 3 heterocycles. The van der Waals surface area contributed by atoms with Crippen LogP contribution in [0, 0.1) is 5.92 Å². The van der Waals surface area contributed by atoms with Crippen molar-refractivity contribution in [1.82, 2.24) is 9.47 Å². The van der Waals surface area contributed by atoms with E-state index in [9.17, 15) is 4.79 Å². The number of aromatic nitrogens is 1. The molecule has 0 saturated carbocycles. The average Bonchev–Trinajstić information content (AvgIpc) is 2.75. The third kappa shape index (κ3) is 3.67. The Morgan fingerprint density at radius 3 is 2.48 bits per heavy atom. The van der Waals surface area contributed by atoms with Crippen LogP contribution in [0.1, 0.15) is 23.6 Å². The van der Waals surface area contributed by atoms with Crippen molar-refractivity contribution in [3.63, 3.8) is 0 Å². The minimum Gasteiger partial charge on any atom is -0.311 e. The molecule has 0 amide bonds. The minimum atomic E-state index is 0.149. The Hall–Kier alpha value is -2.30. The molecule has 0 N–H and O–H groups in total. The van der Waals surface area contributed by atoms with Crippen LogP contribution in [0.3, 0.4) is 0 Å². The summed E-state index contributed by atoms with van der Waals surface area (Å²) in [7, 11) is 0. The zero-order chi connectivity index (χ0) is 19.8. The number of fused-ring (bicyclic) bond motifs is 4. The third-order valence-corrected chi connectivity index (χ3v) is 7.06. The predicted octanol–water partition coefficient (Wildman–Crippen LogP) is 4.86. The topological polar surface area (TPSA) is 25.2 Å². The summed E-state index contributed by atoms with van der Waals surface area (Å²) in [6.45, 7) is 3.92. The summed E-state index contributed by atoms with van der Waals surface area (Å²) in [5, 5.41) is 0. The molecule has 2 unspecified atom stereocenters. The van der Waals surface area contributed by atoms with E-state index >= 15 is 0 Å². The zero-order valence-corrected chi connectivity index (χ0v) is 17.6. The van der Waals surface area contributed by atoms with Gasteiger partial charge >= 0.3 is 0 Å². The highest BCUT2D eigenvalue weighted by Crippen LogP contribution is 2.40. The molecule has 2 bridgehead atoms. The van der Waals surface area contributed by atoms with Crippen LogP contribution in [-0.2, 0) is 13.1 Å². The van der Waals surface area contributed by atoms with Crippen molar-refractivity contribution in [2.24, 2.45) is 5.92 Å². The van der Waals surface area contributed by atoms with Gasteiger partial charge in [0.05, 0.1) is 0 Å². The standard InChI is InChI=1S/C25H26N2OS/c1-29-22-9-7-20(8-10-22)23-11-12-24(28)27-16-19-13-21(25(23)27)17-26(15-19)14-18-5-3-2-4-6-18/h2-12,19,21H,13-17H2,1H3. The van der Waals surface area contributed by atoms with E-state index in [2.05, 4.69) is 70.3 Å². The molecule has 3 nitrogen and oxygen atoms in total. The number of benzene rings is 2. The van der Waals surface area contributed by atoms with Crippen molar-refractivity contribution < 1.29 is 0 Å². The fourth-order valence-electron chi connectivity index (χ4n) is 5.10. The van der Waals surface area contributed by atoms with Gasteiger partial charge in [0.15, 0.2) is 0 Å². The summed E-state index contributed by atoms with van der Waals surface area (Å²) in [6.07, 6.45) is 3.28. The van der Waals surface area contributed by atoms with E-state index in [0.717, 1.165) is 26.2 Å². The van der Waals surface area contributed by atoms with Crippen molar-refractivity contribution in [2.45, 2.75) is 30.3 Å². The van der Waals surface area contributed by atoms with Gasteiger partial charge in [0.2, 0.25) is 0 Å². The van der Waals surface area contributed by atoms with Gasteiger partial charge in [-0.05, 0) is 47.9 Å². The lowest BCUT2D eigenvalue weighted by Gasteiger charge is -2.43. The molecule has 0 radical (unpaired) electrons. The van der Waals surface area contributed by atoms with Crippen LogP contribution in [-0.4, -0.2) is 28.8 Å². The van der Waals surface area contributed by atoms with Crippen LogP contribution < -0.4 is 5.56 Å². The highest BCUT2D eigenvalue weighted by Gasteiger charge is 2.36. The Labute approximate surface area is 176 Å². The molecular formula is C25H26N2OS. The Kier molecular flexibility index (Phi) is 5.06. The molecule has 148 valence electrons. The molecule has 2 aliphatic heterocycles. The smallest absolute Gasteiger partial charge is 0.250 e. The number of rotatable bonds is 4. The lowest BCUT2D eigenvalue weighted by Crippen LogP contribution is -2.47. The highest BCUT2D eigenvalue weighted by molar-refractivity contribution is 7.98. The summed E-state index contributed by atoms with van der Waals surface area (Å²) in [6, 6.07) is 23.3. The maximum Gasteiger partial charge on any atom is 0.250 e. The van der Waals surface area contributed by atoms with E-state index in [0.29, 0.717) is 11.8 Å². The molecule has 2 aromatic carbocycles. The maximum atomic E-state index is 12.7. The van der Waals surface area contributed by atoms with Crippen molar-refractivity contribution in [1.29, 1.82) is 0 Å². The Morgan fingerprint density at radius 1 is 0.931 bits per heavy atom. The van der Waals surface area contributed by atoms with Gasteiger partial charge in [0, 0.05) is 54.3 Å². The van der Waals surface area contributed by atoms with Crippen LogP contribution in [0.4, 0.5) is 0 Å². The molecule has 3 aromatic rings. The van der Waals surface area contributed by atoms with E-state index < -0.39 is 0 Å². The Morgan fingerprint density at radius 2 is 1.72 bits per heavy atom. The van der Waals surface area contributed by atoms with Gasteiger partial charge < -0.3 is 4.57 Å². The fraction of sp³-hybridized carbons (Fsp3) is 0.320. The molecule has 0 spiro atoms. The van der Waals surface area contributed by atoms with Crippen molar-refractivity contribution in [3.05, 3.63) is 88.3 Å². The molecule has 4 heteroatoms. The SMILES string of the molecule is CSc1ccc(-c2ccc(=O)n3c2C2CC(CN(Cc4ccccc4)C2)C3)cc1. The molecule has 1 saturated heterocycles. The first-order chi connectivity index (χ1) is 14.2. The van der Waals surface area contributed by atoms with Crippen LogP contribution in [0.5, 0.6) is 0 Å². The Bertz CT molecular complexity index is 1060. The largest absolute Gasteiger partial charge is 0.311 e. The minimum absolute atomic E-state index is 0.149. The summed E-state index contributed by atoms with van der Waals surface area (Å²) in [5.41, 5.74) is 5.19. The third-order valence-electron chi connectivity index (χ3n) is 6.32. The van der Waals surface area contributed by atoms with E-state index in [-0.39, 0.29) is 5.56 Å². The van der Waals surface area contributed by atoms with Crippen LogP contribution in [0.2, 0.25) is 0 Å². The molecule has 2 aliphatic rings. The monoisotopic (exact) mass is 402 g/mol. The summed E-state index contributed by atoms with van der Waals surface area (Å²) in [4.78, 5) is 16.5. The quantitative estimate of drug-likeness (QED) is 0.583.